The smallest absolute Gasteiger partial charge is 0.219 e. The van der Waals surface area contributed by atoms with Crippen LogP contribution in [0.3, 0.4) is 0 Å². The first kappa shape index (κ1) is 11.5. The molecule has 0 aliphatic carbocycles. The van der Waals surface area contributed by atoms with Gasteiger partial charge in [-0.3, -0.25) is 0 Å². The number of benzene rings is 2. The maximum absolute atomic E-state index is 5.93. The first-order valence-corrected chi connectivity index (χ1v) is 6.12. The average molecular weight is 250 g/mol. The molecule has 3 rings (SSSR count). The molecule has 0 aliphatic heterocycles. The Morgan fingerprint density at radius 3 is 2.68 bits per heavy atom. The molecule has 1 heterocycles. The number of pyridine rings is 1. The minimum absolute atomic E-state index is 0.550. The van der Waals surface area contributed by atoms with Gasteiger partial charge in [0, 0.05) is 11.5 Å². The monoisotopic (exact) mass is 250 g/mol. The molecule has 0 bridgehead atoms. The summed E-state index contributed by atoms with van der Waals surface area (Å²) in [6.07, 6.45) is 0. The third-order valence-corrected chi connectivity index (χ3v) is 2.95. The standard InChI is InChI=1S/C16H14N2O/c1-11-6-8-15(13(17)10-11)19-16-9-7-12-4-2-3-5-14(12)18-16/h2-10H,17H2,1H3. The van der Waals surface area contributed by atoms with Crippen molar-refractivity contribution in [2.24, 2.45) is 0 Å². The summed E-state index contributed by atoms with van der Waals surface area (Å²) in [7, 11) is 0. The lowest BCUT2D eigenvalue weighted by atomic mass is 10.2. The molecule has 0 aliphatic rings. The molecule has 0 saturated heterocycles. The normalized spacial score (nSPS) is 10.6. The zero-order valence-corrected chi connectivity index (χ0v) is 10.6. The van der Waals surface area contributed by atoms with Crippen molar-refractivity contribution in [1.29, 1.82) is 0 Å². The fourth-order valence-corrected chi connectivity index (χ4v) is 1.98. The van der Waals surface area contributed by atoms with E-state index < -0.39 is 0 Å². The molecule has 3 nitrogen and oxygen atoms in total. The lowest BCUT2D eigenvalue weighted by Crippen LogP contribution is -1.94. The van der Waals surface area contributed by atoms with Crippen LogP contribution in [0.2, 0.25) is 0 Å². The molecule has 94 valence electrons. The van der Waals surface area contributed by atoms with Crippen molar-refractivity contribution in [1.82, 2.24) is 4.98 Å². The second kappa shape index (κ2) is 4.61. The highest BCUT2D eigenvalue weighted by atomic mass is 16.5. The number of hydrogen-bond donors (Lipinski definition) is 1. The molecule has 1 aromatic heterocycles. The fraction of sp³-hybridized carbons (Fsp3) is 0.0625. The van der Waals surface area contributed by atoms with Crippen LogP contribution in [0, 0.1) is 6.92 Å². The Morgan fingerprint density at radius 2 is 1.84 bits per heavy atom. The Hall–Kier alpha value is -2.55. The van der Waals surface area contributed by atoms with Gasteiger partial charge in [-0.1, -0.05) is 24.3 Å². The molecular formula is C16H14N2O. The van der Waals surface area contributed by atoms with Crippen LogP contribution in [0.4, 0.5) is 5.69 Å². The number of nitrogens with zero attached hydrogens (tertiary/aromatic N) is 1. The predicted molar refractivity (Wildman–Crippen MR) is 77.4 cm³/mol. The number of para-hydroxylation sites is 1. The van der Waals surface area contributed by atoms with Crippen molar-refractivity contribution in [3.05, 3.63) is 60.2 Å². The lowest BCUT2D eigenvalue weighted by Gasteiger charge is -2.08. The fourth-order valence-electron chi connectivity index (χ4n) is 1.98. The maximum Gasteiger partial charge on any atom is 0.219 e. The van der Waals surface area contributed by atoms with Gasteiger partial charge in [0.2, 0.25) is 5.88 Å². The van der Waals surface area contributed by atoms with E-state index in [1.54, 1.807) is 0 Å². The van der Waals surface area contributed by atoms with Crippen LogP contribution >= 0.6 is 0 Å². The highest BCUT2D eigenvalue weighted by Gasteiger charge is 2.04. The molecule has 0 unspecified atom stereocenters. The summed E-state index contributed by atoms with van der Waals surface area (Å²) in [6, 6.07) is 17.5. The van der Waals surface area contributed by atoms with E-state index in [0.29, 0.717) is 17.3 Å². The molecule has 2 N–H and O–H groups in total. The highest BCUT2D eigenvalue weighted by molar-refractivity contribution is 5.78. The molecule has 19 heavy (non-hydrogen) atoms. The number of ether oxygens (including phenoxy) is 1. The Morgan fingerprint density at radius 1 is 1.00 bits per heavy atom. The Balaban J connectivity index is 1.96. The van der Waals surface area contributed by atoms with Crippen LogP contribution in [-0.4, -0.2) is 4.98 Å². The first-order chi connectivity index (χ1) is 9.22. The molecular weight excluding hydrogens is 236 g/mol. The van der Waals surface area contributed by atoms with E-state index in [-0.39, 0.29) is 0 Å². The summed E-state index contributed by atoms with van der Waals surface area (Å²) in [5, 5.41) is 1.09. The molecule has 0 radical (unpaired) electrons. The number of anilines is 1. The molecule has 0 amide bonds. The molecule has 0 spiro atoms. The van der Waals surface area contributed by atoms with E-state index >= 15 is 0 Å². The first-order valence-electron chi connectivity index (χ1n) is 6.12. The van der Waals surface area contributed by atoms with E-state index in [2.05, 4.69) is 4.98 Å². The second-order valence-electron chi connectivity index (χ2n) is 4.49. The topological polar surface area (TPSA) is 48.1 Å². The summed E-state index contributed by atoms with van der Waals surface area (Å²) in [6.45, 7) is 1.99. The predicted octanol–water partition coefficient (Wildman–Crippen LogP) is 3.92. The van der Waals surface area contributed by atoms with Crippen molar-refractivity contribution in [3.63, 3.8) is 0 Å². The number of fused-ring (bicyclic) bond motifs is 1. The largest absolute Gasteiger partial charge is 0.437 e. The van der Waals surface area contributed by atoms with Gasteiger partial charge in [-0.25, -0.2) is 4.98 Å². The average Bonchev–Trinajstić information content (AvgIpc) is 2.42. The highest BCUT2D eigenvalue weighted by Crippen LogP contribution is 2.28. The van der Waals surface area contributed by atoms with Gasteiger partial charge >= 0.3 is 0 Å². The Bertz CT molecular complexity index is 738. The number of hydrogen-bond acceptors (Lipinski definition) is 3. The summed E-state index contributed by atoms with van der Waals surface area (Å²) < 4.78 is 5.74. The number of nitrogens with two attached hydrogens (primary N) is 1. The molecule has 3 aromatic rings. The Kier molecular flexibility index (Phi) is 2.80. The minimum atomic E-state index is 0.550. The third-order valence-electron chi connectivity index (χ3n) is 2.95. The van der Waals surface area contributed by atoms with Crippen LogP contribution in [0.5, 0.6) is 11.6 Å². The van der Waals surface area contributed by atoms with Gasteiger partial charge in [0.15, 0.2) is 5.75 Å². The number of rotatable bonds is 2. The van der Waals surface area contributed by atoms with E-state index in [0.717, 1.165) is 16.5 Å². The van der Waals surface area contributed by atoms with Crippen molar-refractivity contribution in [2.45, 2.75) is 6.92 Å². The van der Waals surface area contributed by atoms with Gasteiger partial charge in [0.05, 0.1) is 11.2 Å². The van der Waals surface area contributed by atoms with E-state index in [1.807, 2.05) is 61.5 Å². The van der Waals surface area contributed by atoms with Crippen LogP contribution in [-0.2, 0) is 0 Å². The second-order valence-corrected chi connectivity index (χ2v) is 4.49. The SMILES string of the molecule is Cc1ccc(Oc2ccc3ccccc3n2)c(N)c1. The molecule has 2 aromatic carbocycles. The Labute approximate surface area is 111 Å². The molecule has 0 saturated carbocycles. The van der Waals surface area contributed by atoms with Crippen molar-refractivity contribution < 1.29 is 4.74 Å². The molecule has 0 atom stereocenters. The van der Waals surface area contributed by atoms with Gasteiger partial charge in [-0.05, 0) is 36.8 Å². The van der Waals surface area contributed by atoms with Crippen molar-refractivity contribution in [2.75, 3.05) is 5.73 Å². The number of nitrogen functional groups attached to an aromatic ring is 1. The van der Waals surface area contributed by atoms with Crippen LogP contribution in [0.25, 0.3) is 10.9 Å². The van der Waals surface area contributed by atoms with Crippen molar-refractivity contribution >= 4 is 16.6 Å². The van der Waals surface area contributed by atoms with Gasteiger partial charge in [0.1, 0.15) is 0 Å². The maximum atomic E-state index is 5.93. The van der Waals surface area contributed by atoms with Gasteiger partial charge in [-0.15, -0.1) is 0 Å². The van der Waals surface area contributed by atoms with Crippen molar-refractivity contribution in [3.8, 4) is 11.6 Å². The zero-order chi connectivity index (χ0) is 13.2. The van der Waals surface area contributed by atoms with Gasteiger partial charge < -0.3 is 10.5 Å². The van der Waals surface area contributed by atoms with E-state index in [1.165, 1.54) is 0 Å². The van der Waals surface area contributed by atoms with E-state index in [4.69, 9.17) is 10.5 Å². The lowest BCUT2D eigenvalue weighted by molar-refractivity contribution is 0.467. The third kappa shape index (κ3) is 2.36. The van der Waals surface area contributed by atoms with Crippen LogP contribution in [0.1, 0.15) is 5.56 Å². The quantitative estimate of drug-likeness (QED) is 0.701. The minimum Gasteiger partial charge on any atom is -0.437 e. The number of aryl methyl sites for hydroxylation is 1. The van der Waals surface area contributed by atoms with Crippen LogP contribution in [0.15, 0.2) is 54.6 Å². The van der Waals surface area contributed by atoms with E-state index in [9.17, 15) is 0 Å². The number of aromatic nitrogens is 1. The molecule has 3 heteroatoms. The molecule has 0 fully saturated rings. The summed E-state index contributed by atoms with van der Waals surface area (Å²) in [5.74, 6) is 1.18. The van der Waals surface area contributed by atoms with Crippen LogP contribution < -0.4 is 10.5 Å². The van der Waals surface area contributed by atoms with Gasteiger partial charge in [0.25, 0.3) is 0 Å². The summed E-state index contributed by atoms with van der Waals surface area (Å²) in [4.78, 5) is 4.46. The summed E-state index contributed by atoms with van der Waals surface area (Å²) in [5.41, 5.74) is 8.57. The zero-order valence-electron chi connectivity index (χ0n) is 10.6. The summed E-state index contributed by atoms with van der Waals surface area (Å²) >= 11 is 0. The van der Waals surface area contributed by atoms with Gasteiger partial charge in [-0.2, -0.15) is 0 Å².